The van der Waals surface area contributed by atoms with Crippen molar-refractivity contribution in [2.24, 2.45) is 0 Å². The van der Waals surface area contributed by atoms with Gasteiger partial charge in [-0.2, -0.15) is 0 Å². The summed E-state index contributed by atoms with van der Waals surface area (Å²) in [6, 6.07) is 4.67. The van der Waals surface area contributed by atoms with Gasteiger partial charge in [0.15, 0.2) is 0 Å². The van der Waals surface area contributed by atoms with Gasteiger partial charge in [-0.1, -0.05) is 11.6 Å². The van der Waals surface area contributed by atoms with Crippen LogP contribution in [0.3, 0.4) is 0 Å². The molecule has 0 aliphatic carbocycles. The number of nitrogens with one attached hydrogen (secondary N) is 1. The molecule has 1 aromatic rings. The molecule has 0 unspecified atom stereocenters. The molecule has 1 aromatic carbocycles. The van der Waals surface area contributed by atoms with E-state index in [4.69, 9.17) is 17.3 Å². The molecule has 0 fully saturated rings. The Labute approximate surface area is 105 Å². The highest BCUT2D eigenvalue weighted by Crippen LogP contribution is 2.22. The topological polar surface area (TPSA) is 89.3 Å². The summed E-state index contributed by atoms with van der Waals surface area (Å²) in [5.74, 6) is -0.556. The number of nitrogen functional groups attached to an aromatic ring is 1. The standard InChI is InChI=1S/C10H13ClN2O3S/c1-17(15,16)5-4-10(14)13-7-2-3-8(11)9(12)6-7/h2-3,6H,4-5,12H2,1H3,(H,13,14). The van der Waals surface area contributed by atoms with E-state index in [0.29, 0.717) is 16.4 Å². The van der Waals surface area contributed by atoms with Crippen molar-refractivity contribution >= 4 is 38.7 Å². The van der Waals surface area contributed by atoms with Crippen LogP contribution in [0.15, 0.2) is 18.2 Å². The molecule has 0 bridgehead atoms. The van der Waals surface area contributed by atoms with Crippen LogP contribution in [0.5, 0.6) is 0 Å². The second kappa shape index (κ2) is 5.37. The minimum Gasteiger partial charge on any atom is -0.397 e. The summed E-state index contributed by atoms with van der Waals surface area (Å²) in [5, 5.41) is 2.94. The van der Waals surface area contributed by atoms with Gasteiger partial charge >= 0.3 is 0 Å². The fourth-order valence-electron chi connectivity index (χ4n) is 1.12. The molecule has 0 atom stereocenters. The van der Waals surface area contributed by atoms with E-state index in [1.54, 1.807) is 12.1 Å². The number of carbonyl (C=O) groups is 1. The first-order valence-electron chi connectivity index (χ1n) is 4.80. The van der Waals surface area contributed by atoms with Gasteiger partial charge in [-0.15, -0.1) is 0 Å². The van der Waals surface area contributed by atoms with Gasteiger partial charge in [0.25, 0.3) is 0 Å². The van der Waals surface area contributed by atoms with E-state index in [1.165, 1.54) is 6.07 Å². The van der Waals surface area contributed by atoms with E-state index < -0.39 is 9.84 Å². The maximum atomic E-state index is 11.4. The quantitative estimate of drug-likeness (QED) is 0.811. The van der Waals surface area contributed by atoms with Crippen LogP contribution in [-0.2, 0) is 14.6 Å². The third-order valence-electron chi connectivity index (χ3n) is 1.98. The zero-order chi connectivity index (χ0) is 13.1. The lowest BCUT2D eigenvalue weighted by Crippen LogP contribution is -2.16. The van der Waals surface area contributed by atoms with Gasteiger partial charge in [-0.05, 0) is 18.2 Å². The molecule has 1 amide bonds. The molecule has 3 N–H and O–H groups in total. The van der Waals surface area contributed by atoms with Crippen molar-refractivity contribution in [3.63, 3.8) is 0 Å². The van der Waals surface area contributed by atoms with Gasteiger partial charge < -0.3 is 11.1 Å². The van der Waals surface area contributed by atoms with Crippen LogP contribution < -0.4 is 11.1 Å². The van der Waals surface area contributed by atoms with E-state index in [0.717, 1.165) is 6.26 Å². The molecule has 5 nitrogen and oxygen atoms in total. The first-order chi connectivity index (χ1) is 7.78. The average molecular weight is 277 g/mol. The largest absolute Gasteiger partial charge is 0.397 e. The number of carbonyl (C=O) groups excluding carboxylic acids is 1. The SMILES string of the molecule is CS(=O)(=O)CCC(=O)Nc1ccc(Cl)c(N)c1. The average Bonchev–Trinajstić information content (AvgIpc) is 2.20. The molecule has 0 aromatic heterocycles. The summed E-state index contributed by atoms with van der Waals surface area (Å²) in [6.45, 7) is 0. The van der Waals surface area contributed by atoms with Gasteiger partial charge in [0.1, 0.15) is 9.84 Å². The van der Waals surface area contributed by atoms with Gasteiger partial charge in [0.05, 0.1) is 16.5 Å². The van der Waals surface area contributed by atoms with Crippen molar-refractivity contribution in [2.45, 2.75) is 6.42 Å². The molecular formula is C10H13ClN2O3S. The summed E-state index contributed by atoms with van der Waals surface area (Å²) in [6.07, 6.45) is 1.00. The second-order valence-corrected chi connectivity index (χ2v) is 6.33. The van der Waals surface area contributed by atoms with E-state index in [9.17, 15) is 13.2 Å². The Hall–Kier alpha value is -1.27. The fraction of sp³-hybridized carbons (Fsp3) is 0.300. The number of sulfone groups is 1. The second-order valence-electron chi connectivity index (χ2n) is 3.66. The first kappa shape index (κ1) is 13.8. The van der Waals surface area contributed by atoms with Crippen molar-refractivity contribution in [2.75, 3.05) is 23.1 Å². The van der Waals surface area contributed by atoms with Crippen LogP contribution in [0.1, 0.15) is 6.42 Å². The lowest BCUT2D eigenvalue weighted by Gasteiger charge is -2.06. The molecule has 0 aliphatic rings. The lowest BCUT2D eigenvalue weighted by atomic mass is 10.2. The van der Waals surface area contributed by atoms with Gasteiger partial charge in [0.2, 0.25) is 5.91 Å². The van der Waals surface area contributed by atoms with Crippen molar-refractivity contribution in [3.05, 3.63) is 23.2 Å². The number of amides is 1. The minimum atomic E-state index is -3.13. The normalized spacial score (nSPS) is 11.2. The van der Waals surface area contributed by atoms with E-state index >= 15 is 0 Å². The first-order valence-corrected chi connectivity index (χ1v) is 7.24. The van der Waals surface area contributed by atoms with E-state index in [1.807, 2.05) is 0 Å². The summed E-state index contributed by atoms with van der Waals surface area (Å²) in [7, 11) is -3.13. The van der Waals surface area contributed by atoms with Crippen molar-refractivity contribution in [1.82, 2.24) is 0 Å². The number of hydrogen-bond acceptors (Lipinski definition) is 4. The molecule has 0 saturated carbocycles. The highest BCUT2D eigenvalue weighted by Gasteiger charge is 2.08. The lowest BCUT2D eigenvalue weighted by molar-refractivity contribution is -0.115. The van der Waals surface area contributed by atoms with Crippen LogP contribution in [0.25, 0.3) is 0 Å². The monoisotopic (exact) mass is 276 g/mol. The molecule has 0 saturated heterocycles. The molecule has 0 heterocycles. The number of rotatable bonds is 4. The van der Waals surface area contributed by atoms with Gasteiger partial charge in [-0.25, -0.2) is 8.42 Å². The Kier molecular flexibility index (Phi) is 4.36. The third kappa shape index (κ3) is 5.06. The minimum absolute atomic E-state index is 0.0820. The highest BCUT2D eigenvalue weighted by molar-refractivity contribution is 7.90. The van der Waals surface area contributed by atoms with Gasteiger partial charge in [-0.3, -0.25) is 4.79 Å². The van der Waals surface area contributed by atoms with Crippen LogP contribution >= 0.6 is 11.6 Å². The van der Waals surface area contributed by atoms with Gasteiger partial charge in [0, 0.05) is 18.4 Å². The van der Waals surface area contributed by atoms with E-state index in [2.05, 4.69) is 5.32 Å². The van der Waals surface area contributed by atoms with Crippen molar-refractivity contribution in [1.29, 1.82) is 0 Å². The predicted octanol–water partition coefficient (Wildman–Crippen LogP) is 1.30. The van der Waals surface area contributed by atoms with Crippen LogP contribution in [-0.4, -0.2) is 26.3 Å². The molecular weight excluding hydrogens is 264 g/mol. The molecule has 7 heteroatoms. The fourth-order valence-corrected chi connectivity index (χ4v) is 1.80. The van der Waals surface area contributed by atoms with Crippen LogP contribution in [0.2, 0.25) is 5.02 Å². The van der Waals surface area contributed by atoms with Crippen molar-refractivity contribution in [3.8, 4) is 0 Å². The Morgan fingerprint density at radius 3 is 2.65 bits per heavy atom. The summed E-state index contributed by atoms with van der Waals surface area (Å²) >= 11 is 5.72. The van der Waals surface area contributed by atoms with Crippen LogP contribution in [0.4, 0.5) is 11.4 Å². The Morgan fingerprint density at radius 2 is 2.12 bits per heavy atom. The Balaban J connectivity index is 2.59. The number of benzene rings is 1. The predicted molar refractivity (Wildman–Crippen MR) is 68.8 cm³/mol. The molecule has 0 aliphatic heterocycles. The maximum absolute atomic E-state index is 11.4. The third-order valence-corrected chi connectivity index (χ3v) is 3.27. The van der Waals surface area contributed by atoms with Crippen LogP contribution in [0, 0.1) is 0 Å². The Morgan fingerprint density at radius 1 is 1.47 bits per heavy atom. The number of hydrogen-bond donors (Lipinski definition) is 2. The Bertz CT molecular complexity index is 528. The zero-order valence-electron chi connectivity index (χ0n) is 9.23. The number of nitrogens with two attached hydrogens (primary N) is 1. The molecule has 94 valence electrons. The maximum Gasteiger partial charge on any atom is 0.225 e. The summed E-state index contributed by atoms with van der Waals surface area (Å²) < 4.78 is 21.7. The smallest absolute Gasteiger partial charge is 0.225 e. The summed E-state index contributed by atoms with van der Waals surface area (Å²) in [5.41, 5.74) is 6.41. The molecule has 0 radical (unpaired) electrons. The van der Waals surface area contributed by atoms with Crippen molar-refractivity contribution < 1.29 is 13.2 Å². The van der Waals surface area contributed by atoms with E-state index in [-0.39, 0.29) is 18.1 Å². The summed E-state index contributed by atoms with van der Waals surface area (Å²) in [4.78, 5) is 11.4. The number of halogens is 1. The molecule has 1 rings (SSSR count). The molecule has 17 heavy (non-hydrogen) atoms. The highest BCUT2D eigenvalue weighted by atomic mass is 35.5. The molecule has 0 spiro atoms. The zero-order valence-corrected chi connectivity index (χ0v) is 10.8. The number of anilines is 2.